The van der Waals surface area contributed by atoms with Crippen molar-refractivity contribution < 1.29 is 0 Å². The van der Waals surface area contributed by atoms with Crippen LogP contribution in [0, 0.1) is 0 Å². The Bertz CT molecular complexity index is 307. The second-order valence-corrected chi connectivity index (χ2v) is 11.3. The van der Waals surface area contributed by atoms with Crippen molar-refractivity contribution >= 4 is 19.7 Å². The van der Waals surface area contributed by atoms with E-state index in [2.05, 4.69) is 43.9 Å². The highest BCUT2D eigenvalue weighted by atomic mass is 35.5. The predicted molar refractivity (Wildman–Crippen MR) is 75.9 cm³/mol. The molecule has 0 aliphatic carbocycles. The van der Waals surface area contributed by atoms with Crippen LogP contribution in [-0.2, 0) is 6.42 Å². The molecule has 0 saturated heterocycles. The Hall–Kier alpha value is -0.313. The SMILES string of the molecule is C[Si](C)(C)C(CCl)C(N)Cc1ccccc1. The molecule has 90 valence electrons. The van der Waals surface area contributed by atoms with Crippen molar-refractivity contribution in [3.05, 3.63) is 35.9 Å². The second kappa shape index (κ2) is 5.85. The summed E-state index contributed by atoms with van der Waals surface area (Å²) in [7, 11) is -1.26. The van der Waals surface area contributed by atoms with Gasteiger partial charge in [-0.05, 0) is 17.5 Å². The van der Waals surface area contributed by atoms with Gasteiger partial charge >= 0.3 is 0 Å². The molecule has 0 bridgehead atoms. The first-order chi connectivity index (χ1) is 7.45. The van der Waals surface area contributed by atoms with E-state index in [4.69, 9.17) is 17.3 Å². The quantitative estimate of drug-likeness (QED) is 0.633. The van der Waals surface area contributed by atoms with E-state index in [0.29, 0.717) is 11.4 Å². The molecular weight excluding hydrogens is 234 g/mol. The van der Waals surface area contributed by atoms with Gasteiger partial charge in [0, 0.05) is 11.9 Å². The lowest BCUT2D eigenvalue weighted by atomic mass is 10.0. The zero-order valence-corrected chi connectivity index (χ0v) is 12.2. The summed E-state index contributed by atoms with van der Waals surface area (Å²) in [5.74, 6) is 0.684. The highest BCUT2D eigenvalue weighted by Gasteiger charge is 2.30. The Balaban J connectivity index is 2.67. The van der Waals surface area contributed by atoms with E-state index >= 15 is 0 Å². The van der Waals surface area contributed by atoms with Gasteiger partial charge in [-0.25, -0.2) is 0 Å². The van der Waals surface area contributed by atoms with Gasteiger partial charge in [0.05, 0.1) is 8.07 Å². The van der Waals surface area contributed by atoms with Crippen LogP contribution in [0.3, 0.4) is 0 Å². The first-order valence-corrected chi connectivity index (χ1v) is 9.92. The van der Waals surface area contributed by atoms with Gasteiger partial charge in [-0.2, -0.15) is 0 Å². The van der Waals surface area contributed by atoms with Crippen LogP contribution in [-0.4, -0.2) is 20.0 Å². The van der Waals surface area contributed by atoms with E-state index in [0.717, 1.165) is 6.42 Å². The van der Waals surface area contributed by atoms with Crippen LogP contribution >= 0.6 is 11.6 Å². The molecule has 0 saturated carbocycles. The molecule has 16 heavy (non-hydrogen) atoms. The Morgan fingerprint density at radius 2 is 1.75 bits per heavy atom. The molecule has 1 aromatic carbocycles. The molecule has 2 atom stereocenters. The maximum atomic E-state index is 6.30. The molecule has 1 nitrogen and oxygen atoms in total. The Morgan fingerprint density at radius 3 is 2.19 bits per heavy atom. The summed E-state index contributed by atoms with van der Waals surface area (Å²) in [5, 5.41) is 0. The number of rotatable bonds is 5. The predicted octanol–water partition coefficient (Wildman–Crippen LogP) is 3.50. The van der Waals surface area contributed by atoms with Crippen LogP contribution in [0.5, 0.6) is 0 Å². The Morgan fingerprint density at radius 1 is 1.19 bits per heavy atom. The minimum Gasteiger partial charge on any atom is -0.327 e. The maximum absolute atomic E-state index is 6.30. The van der Waals surface area contributed by atoms with Gasteiger partial charge in [-0.15, -0.1) is 11.6 Å². The van der Waals surface area contributed by atoms with E-state index in [1.807, 2.05) is 6.07 Å². The third-order valence-corrected chi connectivity index (χ3v) is 6.56. The summed E-state index contributed by atoms with van der Waals surface area (Å²) >= 11 is 6.07. The van der Waals surface area contributed by atoms with Crippen molar-refractivity contribution in [1.29, 1.82) is 0 Å². The third kappa shape index (κ3) is 3.93. The molecule has 0 aliphatic heterocycles. The molecule has 1 rings (SSSR count). The summed E-state index contributed by atoms with van der Waals surface area (Å²) in [6.45, 7) is 7.01. The summed E-state index contributed by atoms with van der Waals surface area (Å²) in [5.41, 5.74) is 8.09. The zero-order chi connectivity index (χ0) is 12.2. The fourth-order valence-corrected chi connectivity index (χ4v) is 5.50. The minimum absolute atomic E-state index is 0.187. The van der Waals surface area contributed by atoms with Crippen LogP contribution in [0.1, 0.15) is 5.56 Å². The average molecular weight is 256 g/mol. The van der Waals surface area contributed by atoms with Gasteiger partial charge < -0.3 is 5.73 Å². The van der Waals surface area contributed by atoms with Crippen molar-refractivity contribution in [2.45, 2.75) is 37.6 Å². The van der Waals surface area contributed by atoms with Crippen molar-refractivity contribution in [2.24, 2.45) is 5.73 Å². The van der Waals surface area contributed by atoms with Crippen molar-refractivity contribution in [2.75, 3.05) is 5.88 Å². The molecule has 0 radical (unpaired) electrons. The summed E-state index contributed by atoms with van der Waals surface area (Å²) in [6, 6.07) is 10.6. The van der Waals surface area contributed by atoms with E-state index < -0.39 is 8.07 Å². The molecule has 0 fully saturated rings. The molecule has 0 aromatic heterocycles. The van der Waals surface area contributed by atoms with Crippen molar-refractivity contribution in [3.63, 3.8) is 0 Å². The first kappa shape index (κ1) is 13.8. The fourth-order valence-electron chi connectivity index (χ4n) is 2.02. The molecule has 2 N–H and O–H groups in total. The van der Waals surface area contributed by atoms with Crippen LogP contribution in [0.2, 0.25) is 25.2 Å². The molecule has 0 spiro atoms. The van der Waals surface area contributed by atoms with Gasteiger partial charge in [-0.1, -0.05) is 50.0 Å². The molecule has 0 heterocycles. The number of nitrogens with two attached hydrogens (primary N) is 1. The molecule has 3 heteroatoms. The topological polar surface area (TPSA) is 26.0 Å². The van der Waals surface area contributed by atoms with E-state index in [9.17, 15) is 0 Å². The standard InChI is InChI=1S/C13H22ClNSi/c1-16(2,3)13(10-14)12(15)9-11-7-5-4-6-8-11/h4-8,12-13H,9-10,15H2,1-3H3. The molecule has 0 aliphatic rings. The van der Waals surface area contributed by atoms with Crippen LogP contribution < -0.4 is 5.73 Å². The Labute approximate surface area is 105 Å². The number of halogens is 1. The molecule has 1 aromatic rings. The number of hydrogen-bond donors (Lipinski definition) is 1. The minimum atomic E-state index is -1.26. The third-order valence-electron chi connectivity index (χ3n) is 3.11. The molecular formula is C13H22ClNSi. The van der Waals surface area contributed by atoms with Crippen LogP contribution in [0.15, 0.2) is 30.3 Å². The van der Waals surface area contributed by atoms with Crippen LogP contribution in [0.4, 0.5) is 0 Å². The van der Waals surface area contributed by atoms with Gasteiger partial charge in [0.25, 0.3) is 0 Å². The number of hydrogen-bond acceptors (Lipinski definition) is 1. The van der Waals surface area contributed by atoms with E-state index in [1.54, 1.807) is 0 Å². The lowest BCUT2D eigenvalue weighted by Gasteiger charge is -2.32. The largest absolute Gasteiger partial charge is 0.327 e. The second-order valence-electron chi connectivity index (χ2n) is 5.48. The van der Waals surface area contributed by atoms with Gasteiger partial charge in [0.15, 0.2) is 0 Å². The number of benzene rings is 1. The van der Waals surface area contributed by atoms with Gasteiger partial charge in [0.2, 0.25) is 0 Å². The highest BCUT2D eigenvalue weighted by Crippen LogP contribution is 2.27. The van der Waals surface area contributed by atoms with Crippen molar-refractivity contribution in [1.82, 2.24) is 0 Å². The smallest absolute Gasteiger partial charge is 0.0505 e. The normalized spacial score (nSPS) is 15.8. The van der Waals surface area contributed by atoms with Gasteiger partial charge in [-0.3, -0.25) is 0 Å². The lowest BCUT2D eigenvalue weighted by Crippen LogP contribution is -2.43. The summed E-state index contributed by atoms with van der Waals surface area (Å²) < 4.78 is 0. The average Bonchev–Trinajstić information content (AvgIpc) is 2.17. The van der Waals surface area contributed by atoms with Crippen LogP contribution in [0.25, 0.3) is 0 Å². The maximum Gasteiger partial charge on any atom is 0.0505 e. The number of alkyl halides is 1. The zero-order valence-electron chi connectivity index (χ0n) is 10.4. The summed E-state index contributed by atoms with van der Waals surface area (Å²) in [6.07, 6.45) is 0.933. The summed E-state index contributed by atoms with van der Waals surface area (Å²) in [4.78, 5) is 0. The van der Waals surface area contributed by atoms with Crippen molar-refractivity contribution in [3.8, 4) is 0 Å². The van der Waals surface area contributed by atoms with E-state index in [1.165, 1.54) is 5.56 Å². The van der Waals surface area contributed by atoms with Gasteiger partial charge in [0.1, 0.15) is 0 Å². The monoisotopic (exact) mass is 255 g/mol. The highest BCUT2D eigenvalue weighted by molar-refractivity contribution is 6.78. The lowest BCUT2D eigenvalue weighted by molar-refractivity contribution is 0.632. The first-order valence-electron chi connectivity index (χ1n) is 5.80. The molecule has 2 unspecified atom stereocenters. The molecule has 0 amide bonds. The van der Waals surface area contributed by atoms with E-state index in [-0.39, 0.29) is 6.04 Å². The Kier molecular flexibility index (Phi) is 5.03. The fraction of sp³-hybridized carbons (Fsp3) is 0.538.